The number of methoxy groups -OCH3 is 1. The van der Waals surface area contributed by atoms with E-state index in [2.05, 4.69) is 26.6 Å². The molecule has 2 aromatic carbocycles. The number of carbonyl (C=O) groups is 1. The first kappa shape index (κ1) is 16.5. The number of anilines is 1. The summed E-state index contributed by atoms with van der Waals surface area (Å²) in [4.78, 5) is 11.8. The van der Waals surface area contributed by atoms with Gasteiger partial charge in [0.2, 0.25) is 5.91 Å². The quantitative estimate of drug-likeness (QED) is 0.740. The van der Waals surface area contributed by atoms with E-state index in [1.807, 2.05) is 48.5 Å². The summed E-state index contributed by atoms with van der Waals surface area (Å²) in [7, 11) is 1.66. The third-order valence-corrected chi connectivity index (χ3v) is 3.69. The molecule has 2 aromatic rings. The fourth-order valence-corrected chi connectivity index (χ4v) is 2.30. The Bertz CT molecular complexity index is 614. The van der Waals surface area contributed by atoms with Gasteiger partial charge in [0.05, 0.1) is 7.11 Å². The van der Waals surface area contributed by atoms with Crippen LogP contribution in [0, 0.1) is 0 Å². The van der Waals surface area contributed by atoms with Gasteiger partial charge in [0.1, 0.15) is 5.75 Å². The monoisotopic (exact) mass is 362 g/mol. The van der Waals surface area contributed by atoms with E-state index in [1.165, 1.54) is 0 Å². The van der Waals surface area contributed by atoms with Crippen LogP contribution in [0.25, 0.3) is 0 Å². The van der Waals surface area contributed by atoms with Gasteiger partial charge in [-0.3, -0.25) is 4.79 Å². The van der Waals surface area contributed by atoms with E-state index in [-0.39, 0.29) is 5.91 Å². The van der Waals surface area contributed by atoms with Gasteiger partial charge < -0.3 is 15.4 Å². The molecule has 0 radical (unpaired) electrons. The van der Waals surface area contributed by atoms with Crippen LogP contribution in [0.1, 0.15) is 12.0 Å². The number of rotatable bonds is 7. The van der Waals surface area contributed by atoms with Crippen LogP contribution in [0.4, 0.5) is 5.69 Å². The summed E-state index contributed by atoms with van der Waals surface area (Å²) < 4.78 is 6.28. The van der Waals surface area contributed by atoms with Crippen molar-refractivity contribution in [2.24, 2.45) is 0 Å². The van der Waals surface area contributed by atoms with Gasteiger partial charge in [0, 0.05) is 35.2 Å². The molecule has 0 fully saturated rings. The molecular weight excluding hydrogens is 344 g/mol. The Hall–Kier alpha value is -1.85. The van der Waals surface area contributed by atoms with Crippen molar-refractivity contribution in [2.45, 2.75) is 13.0 Å². The van der Waals surface area contributed by atoms with Crippen molar-refractivity contribution in [3.05, 3.63) is 58.6 Å². The summed E-state index contributed by atoms with van der Waals surface area (Å²) in [6.45, 7) is 1.29. The Morgan fingerprint density at radius 1 is 1.14 bits per heavy atom. The molecule has 0 saturated carbocycles. The van der Waals surface area contributed by atoms with Crippen LogP contribution in [0.5, 0.6) is 5.75 Å². The predicted molar refractivity (Wildman–Crippen MR) is 92.1 cm³/mol. The standard InChI is InChI=1S/C17H19BrN2O2/c1-22-16-5-3-2-4-13(16)12-19-11-10-17(21)20-15-8-6-14(18)7-9-15/h2-9,19H,10-12H2,1H3,(H,20,21). The third-order valence-electron chi connectivity index (χ3n) is 3.16. The smallest absolute Gasteiger partial charge is 0.225 e. The number of ether oxygens (including phenoxy) is 1. The molecule has 22 heavy (non-hydrogen) atoms. The maximum atomic E-state index is 11.8. The number of halogens is 1. The normalized spacial score (nSPS) is 10.3. The first-order chi connectivity index (χ1) is 10.7. The zero-order valence-electron chi connectivity index (χ0n) is 12.4. The molecule has 2 rings (SSSR count). The zero-order valence-corrected chi connectivity index (χ0v) is 14.0. The number of amides is 1. The highest BCUT2D eigenvalue weighted by Gasteiger charge is 2.04. The lowest BCUT2D eigenvalue weighted by Gasteiger charge is -2.09. The molecule has 0 aliphatic carbocycles. The molecule has 1 amide bonds. The van der Waals surface area contributed by atoms with E-state index in [0.29, 0.717) is 19.5 Å². The van der Waals surface area contributed by atoms with Crippen molar-refractivity contribution < 1.29 is 9.53 Å². The SMILES string of the molecule is COc1ccccc1CNCCC(=O)Nc1ccc(Br)cc1. The van der Waals surface area contributed by atoms with E-state index < -0.39 is 0 Å². The second kappa shape index (κ2) is 8.56. The molecular formula is C17H19BrN2O2. The summed E-state index contributed by atoms with van der Waals surface area (Å²) in [5.41, 5.74) is 1.89. The Kier molecular flexibility index (Phi) is 6.43. The van der Waals surface area contributed by atoms with Gasteiger partial charge in [-0.25, -0.2) is 0 Å². The van der Waals surface area contributed by atoms with Crippen LogP contribution in [0.2, 0.25) is 0 Å². The van der Waals surface area contributed by atoms with E-state index >= 15 is 0 Å². The summed E-state index contributed by atoms with van der Waals surface area (Å²) in [5, 5.41) is 6.12. The largest absolute Gasteiger partial charge is 0.496 e. The molecule has 0 bridgehead atoms. The molecule has 0 saturated heterocycles. The van der Waals surface area contributed by atoms with Gasteiger partial charge in [-0.15, -0.1) is 0 Å². The van der Waals surface area contributed by atoms with Crippen LogP contribution >= 0.6 is 15.9 Å². The predicted octanol–water partition coefficient (Wildman–Crippen LogP) is 3.58. The Labute approximate surface area is 139 Å². The summed E-state index contributed by atoms with van der Waals surface area (Å²) in [5.74, 6) is 0.851. The lowest BCUT2D eigenvalue weighted by atomic mass is 10.2. The number of hydrogen-bond donors (Lipinski definition) is 2. The molecule has 5 heteroatoms. The maximum Gasteiger partial charge on any atom is 0.225 e. The van der Waals surface area contributed by atoms with Gasteiger partial charge in [-0.1, -0.05) is 34.1 Å². The van der Waals surface area contributed by atoms with Gasteiger partial charge in [-0.05, 0) is 30.3 Å². The van der Waals surface area contributed by atoms with Crippen molar-refractivity contribution in [3.8, 4) is 5.75 Å². The third kappa shape index (κ3) is 5.16. The zero-order chi connectivity index (χ0) is 15.8. The summed E-state index contributed by atoms with van der Waals surface area (Å²) in [6.07, 6.45) is 0.422. The second-order valence-electron chi connectivity index (χ2n) is 4.79. The number of para-hydroxylation sites is 1. The maximum absolute atomic E-state index is 11.8. The average molecular weight is 363 g/mol. The second-order valence-corrected chi connectivity index (χ2v) is 5.71. The molecule has 0 spiro atoms. The highest BCUT2D eigenvalue weighted by atomic mass is 79.9. The summed E-state index contributed by atoms with van der Waals surface area (Å²) in [6, 6.07) is 15.4. The minimum Gasteiger partial charge on any atom is -0.496 e. The van der Waals surface area contributed by atoms with E-state index in [1.54, 1.807) is 7.11 Å². The van der Waals surface area contributed by atoms with Gasteiger partial charge in [0.25, 0.3) is 0 Å². The number of hydrogen-bond acceptors (Lipinski definition) is 3. The van der Waals surface area contributed by atoms with Crippen LogP contribution in [-0.4, -0.2) is 19.6 Å². The van der Waals surface area contributed by atoms with Gasteiger partial charge in [-0.2, -0.15) is 0 Å². The fourth-order valence-electron chi connectivity index (χ4n) is 2.03. The molecule has 0 aliphatic heterocycles. The lowest BCUT2D eigenvalue weighted by molar-refractivity contribution is -0.116. The van der Waals surface area contributed by atoms with Crippen molar-refractivity contribution >= 4 is 27.5 Å². The van der Waals surface area contributed by atoms with Crippen molar-refractivity contribution in [2.75, 3.05) is 19.0 Å². The van der Waals surface area contributed by atoms with E-state index in [4.69, 9.17) is 4.74 Å². The van der Waals surface area contributed by atoms with Crippen LogP contribution < -0.4 is 15.4 Å². The molecule has 0 aromatic heterocycles. The average Bonchev–Trinajstić information content (AvgIpc) is 2.54. The molecule has 116 valence electrons. The van der Waals surface area contributed by atoms with Crippen molar-refractivity contribution in [1.29, 1.82) is 0 Å². The minimum absolute atomic E-state index is 0.00477. The Morgan fingerprint density at radius 3 is 2.59 bits per heavy atom. The molecule has 0 heterocycles. The molecule has 2 N–H and O–H groups in total. The number of carbonyl (C=O) groups excluding carboxylic acids is 1. The highest BCUT2D eigenvalue weighted by Crippen LogP contribution is 2.16. The van der Waals surface area contributed by atoms with Crippen LogP contribution in [0.3, 0.4) is 0 Å². The molecule has 0 atom stereocenters. The highest BCUT2D eigenvalue weighted by molar-refractivity contribution is 9.10. The molecule has 0 unspecified atom stereocenters. The first-order valence-corrected chi connectivity index (χ1v) is 7.86. The molecule has 4 nitrogen and oxygen atoms in total. The van der Waals surface area contributed by atoms with Crippen molar-refractivity contribution in [3.63, 3.8) is 0 Å². The lowest BCUT2D eigenvalue weighted by Crippen LogP contribution is -2.21. The van der Waals surface area contributed by atoms with E-state index in [0.717, 1.165) is 21.5 Å². The van der Waals surface area contributed by atoms with E-state index in [9.17, 15) is 4.79 Å². The summed E-state index contributed by atoms with van der Waals surface area (Å²) >= 11 is 3.36. The fraction of sp³-hybridized carbons (Fsp3) is 0.235. The van der Waals surface area contributed by atoms with Gasteiger partial charge >= 0.3 is 0 Å². The molecule has 0 aliphatic rings. The van der Waals surface area contributed by atoms with Gasteiger partial charge in [0.15, 0.2) is 0 Å². The number of nitrogens with one attached hydrogen (secondary N) is 2. The topological polar surface area (TPSA) is 50.4 Å². The number of benzene rings is 2. The first-order valence-electron chi connectivity index (χ1n) is 7.07. The Balaban J connectivity index is 1.72. The minimum atomic E-state index is -0.00477. The van der Waals surface area contributed by atoms with Crippen molar-refractivity contribution in [1.82, 2.24) is 5.32 Å². The van der Waals surface area contributed by atoms with Crippen LogP contribution in [-0.2, 0) is 11.3 Å². The Morgan fingerprint density at radius 2 is 1.86 bits per heavy atom. The van der Waals surface area contributed by atoms with Crippen LogP contribution in [0.15, 0.2) is 53.0 Å².